The summed E-state index contributed by atoms with van der Waals surface area (Å²) in [5, 5.41) is 11.7. The van der Waals surface area contributed by atoms with Crippen molar-refractivity contribution in [3.05, 3.63) is 65.2 Å². The Bertz CT molecular complexity index is 853. The van der Waals surface area contributed by atoms with Gasteiger partial charge in [-0.3, -0.25) is 0 Å². The molecule has 0 aliphatic heterocycles. The van der Waals surface area contributed by atoms with E-state index in [1.807, 2.05) is 42.5 Å². The SMILES string of the molecule is Nc1c(C(=O)O)cc(Cl)cc1-c1cccc2ccccc12. The Kier molecular flexibility index (Phi) is 3.28. The number of fused-ring (bicyclic) bond motifs is 1. The first-order valence-electron chi connectivity index (χ1n) is 6.38. The molecule has 0 unspecified atom stereocenters. The van der Waals surface area contributed by atoms with Crippen molar-refractivity contribution >= 4 is 34.0 Å². The zero-order valence-corrected chi connectivity index (χ0v) is 11.8. The van der Waals surface area contributed by atoms with Gasteiger partial charge in [-0.1, -0.05) is 54.1 Å². The molecule has 0 heterocycles. The van der Waals surface area contributed by atoms with Crippen LogP contribution >= 0.6 is 11.6 Å². The van der Waals surface area contributed by atoms with E-state index in [1.54, 1.807) is 6.07 Å². The van der Waals surface area contributed by atoms with Crippen molar-refractivity contribution in [3.63, 3.8) is 0 Å². The first-order chi connectivity index (χ1) is 10.1. The van der Waals surface area contributed by atoms with Crippen molar-refractivity contribution in [3.8, 4) is 11.1 Å². The summed E-state index contributed by atoms with van der Waals surface area (Å²) in [4.78, 5) is 11.3. The maximum atomic E-state index is 11.3. The van der Waals surface area contributed by atoms with E-state index in [0.29, 0.717) is 10.6 Å². The Hall–Kier alpha value is -2.52. The highest BCUT2D eigenvalue weighted by Gasteiger charge is 2.15. The van der Waals surface area contributed by atoms with Gasteiger partial charge < -0.3 is 10.8 Å². The smallest absolute Gasteiger partial charge is 0.337 e. The largest absolute Gasteiger partial charge is 0.478 e. The Balaban J connectivity index is 2.36. The monoisotopic (exact) mass is 297 g/mol. The number of aromatic carboxylic acids is 1. The molecule has 0 aliphatic carbocycles. The summed E-state index contributed by atoms with van der Waals surface area (Å²) >= 11 is 6.05. The molecule has 0 radical (unpaired) electrons. The van der Waals surface area contributed by atoms with Crippen LogP contribution in [0.2, 0.25) is 5.02 Å². The van der Waals surface area contributed by atoms with Gasteiger partial charge in [0.15, 0.2) is 0 Å². The molecule has 3 aromatic carbocycles. The van der Waals surface area contributed by atoms with Crippen LogP contribution in [0.4, 0.5) is 5.69 Å². The highest BCUT2D eigenvalue weighted by molar-refractivity contribution is 6.31. The van der Waals surface area contributed by atoms with Crippen molar-refractivity contribution in [2.45, 2.75) is 0 Å². The van der Waals surface area contributed by atoms with Crippen LogP contribution < -0.4 is 5.73 Å². The third-order valence-corrected chi connectivity index (χ3v) is 3.67. The maximum Gasteiger partial charge on any atom is 0.337 e. The second-order valence-corrected chi connectivity index (χ2v) is 5.18. The molecule has 0 aliphatic rings. The van der Waals surface area contributed by atoms with Gasteiger partial charge in [0, 0.05) is 10.6 Å². The molecule has 0 fully saturated rings. The quantitative estimate of drug-likeness (QED) is 0.687. The molecule has 0 spiro atoms. The van der Waals surface area contributed by atoms with Crippen LogP contribution in [-0.2, 0) is 0 Å². The van der Waals surface area contributed by atoms with Gasteiger partial charge in [-0.25, -0.2) is 4.79 Å². The summed E-state index contributed by atoms with van der Waals surface area (Å²) in [6, 6.07) is 16.8. The second kappa shape index (κ2) is 5.11. The molecular weight excluding hydrogens is 286 g/mol. The summed E-state index contributed by atoms with van der Waals surface area (Å²) < 4.78 is 0. The van der Waals surface area contributed by atoms with Crippen molar-refractivity contribution in [1.29, 1.82) is 0 Å². The van der Waals surface area contributed by atoms with Gasteiger partial charge in [-0.2, -0.15) is 0 Å². The minimum Gasteiger partial charge on any atom is -0.478 e. The predicted octanol–water partition coefficient (Wildman–Crippen LogP) is 4.44. The van der Waals surface area contributed by atoms with Crippen LogP contribution in [0.1, 0.15) is 10.4 Å². The molecule has 4 heteroatoms. The molecule has 3 rings (SSSR count). The third-order valence-electron chi connectivity index (χ3n) is 3.46. The van der Waals surface area contributed by atoms with Crippen LogP contribution in [-0.4, -0.2) is 11.1 Å². The highest BCUT2D eigenvalue weighted by Crippen LogP contribution is 2.36. The zero-order chi connectivity index (χ0) is 15.0. The molecule has 104 valence electrons. The molecule has 0 amide bonds. The number of hydrogen-bond donors (Lipinski definition) is 2. The molecule has 0 saturated carbocycles. The maximum absolute atomic E-state index is 11.3. The topological polar surface area (TPSA) is 63.3 Å². The van der Waals surface area contributed by atoms with E-state index < -0.39 is 5.97 Å². The van der Waals surface area contributed by atoms with Gasteiger partial charge in [-0.05, 0) is 28.5 Å². The van der Waals surface area contributed by atoms with Crippen molar-refractivity contribution in [2.75, 3.05) is 5.73 Å². The fourth-order valence-electron chi connectivity index (χ4n) is 2.48. The van der Waals surface area contributed by atoms with Crippen molar-refractivity contribution in [2.24, 2.45) is 0 Å². The highest BCUT2D eigenvalue weighted by atomic mass is 35.5. The molecule has 0 atom stereocenters. The molecular formula is C17H12ClNO2. The Labute approximate surface area is 126 Å². The minimum atomic E-state index is -1.09. The lowest BCUT2D eigenvalue weighted by molar-refractivity contribution is 0.0698. The summed E-state index contributed by atoms with van der Waals surface area (Å²) in [6.07, 6.45) is 0. The fraction of sp³-hybridized carbons (Fsp3) is 0. The average molecular weight is 298 g/mol. The number of halogens is 1. The molecule has 0 aromatic heterocycles. The third kappa shape index (κ3) is 2.32. The molecule has 3 N–H and O–H groups in total. The second-order valence-electron chi connectivity index (χ2n) is 4.75. The van der Waals surface area contributed by atoms with Crippen LogP contribution in [0.5, 0.6) is 0 Å². The molecule has 3 aromatic rings. The summed E-state index contributed by atoms with van der Waals surface area (Å²) in [7, 11) is 0. The molecule has 3 nitrogen and oxygen atoms in total. The lowest BCUT2D eigenvalue weighted by Crippen LogP contribution is -2.04. The standard InChI is InChI=1S/C17H12ClNO2/c18-11-8-14(16(19)15(9-11)17(20)21)13-7-3-5-10-4-1-2-6-12(10)13/h1-9H,19H2,(H,20,21). The van der Waals surface area contributed by atoms with E-state index in [0.717, 1.165) is 16.3 Å². The zero-order valence-electron chi connectivity index (χ0n) is 11.0. The number of hydrogen-bond acceptors (Lipinski definition) is 2. The Morgan fingerprint density at radius 3 is 2.48 bits per heavy atom. The van der Waals surface area contributed by atoms with E-state index in [9.17, 15) is 9.90 Å². The number of carboxylic acids is 1. The molecule has 0 saturated heterocycles. The summed E-state index contributed by atoms with van der Waals surface area (Å²) in [6.45, 7) is 0. The molecule has 0 bridgehead atoms. The Morgan fingerprint density at radius 1 is 1.00 bits per heavy atom. The van der Waals surface area contributed by atoms with Gasteiger partial charge >= 0.3 is 5.97 Å². The fourth-order valence-corrected chi connectivity index (χ4v) is 2.70. The first kappa shape index (κ1) is 13.5. The van der Waals surface area contributed by atoms with Crippen molar-refractivity contribution in [1.82, 2.24) is 0 Å². The summed E-state index contributed by atoms with van der Waals surface area (Å²) in [5.74, 6) is -1.09. The Morgan fingerprint density at radius 2 is 1.71 bits per heavy atom. The van der Waals surface area contributed by atoms with E-state index in [2.05, 4.69) is 0 Å². The van der Waals surface area contributed by atoms with Gasteiger partial charge in [0.05, 0.1) is 11.3 Å². The molecule has 21 heavy (non-hydrogen) atoms. The minimum absolute atomic E-state index is 0.0189. The number of nitrogens with two attached hydrogens (primary N) is 1. The van der Waals surface area contributed by atoms with E-state index in [4.69, 9.17) is 17.3 Å². The number of anilines is 1. The average Bonchev–Trinajstić information content (AvgIpc) is 2.48. The van der Waals surface area contributed by atoms with E-state index in [1.165, 1.54) is 6.07 Å². The van der Waals surface area contributed by atoms with Gasteiger partial charge in [0.2, 0.25) is 0 Å². The van der Waals surface area contributed by atoms with Gasteiger partial charge in [-0.15, -0.1) is 0 Å². The van der Waals surface area contributed by atoms with Crippen LogP contribution in [0.15, 0.2) is 54.6 Å². The number of benzene rings is 3. The lowest BCUT2D eigenvalue weighted by Gasteiger charge is -2.12. The predicted molar refractivity (Wildman–Crippen MR) is 85.8 cm³/mol. The lowest BCUT2D eigenvalue weighted by atomic mass is 9.95. The number of nitrogen functional groups attached to an aromatic ring is 1. The van der Waals surface area contributed by atoms with Gasteiger partial charge in [0.1, 0.15) is 0 Å². The number of rotatable bonds is 2. The first-order valence-corrected chi connectivity index (χ1v) is 6.76. The van der Waals surface area contributed by atoms with Crippen LogP contribution in [0.25, 0.3) is 21.9 Å². The van der Waals surface area contributed by atoms with Crippen LogP contribution in [0, 0.1) is 0 Å². The number of carboxylic acid groups (broad SMARTS) is 1. The normalized spacial score (nSPS) is 10.7. The number of carbonyl (C=O) groups is 1. The van der Waals surface area contributed by atoms with Crippen LogP contribution in [0.3, 0.4) is 0 Å². The van der Waals surface area contributed by atoms with E-state index in [-0.39, 0.29) is 11.3 Å². The van der Waals surface area contributed by atoms with Crippen molar-refractivity contribution < 1.29 is 9.90 Å². The van der Waals surface area contributed by atoms with Gasteiger partial charge in [0.25, 0.3) is 0 Å². The van der Waals surface area contributed by atoms with E-state index >= 15 is 0 Å². The summed E-state index contributed by atoms with van der Waals surface area (Å²) in [5.41, 5.74) is 7.79.